The molecular formula is C8H5ClF3NO. The van der Waals surface area contributed by atoms with Crippen molar-refractivity contribution in [3.8, 4) is 0 Å². The summed E-state index contributed by atoms with van der Waals surface area (Å²) in [4.78, 5) is 13.7. The second-order valence-electron chi connectivity index (χ2n) is 2.61. The van der Waals surface area contributed by atoms with Crippen LogP contribution in [-0.2, 0) is 0 Å². The number of hydrogen-bond donors (Lipinski definition) is 0. The number of halogens is 4. The standard InChI is InChI=1S/C8H5ClF3NO/c1-3-2-4(7(10)11)8(12)13-5(3)6(9)14/h2,7H,1H3. The third kappa shape index (κ3) is 2.04. The smallest absolute Gasteiger partial charge is 0.271 e. The number of nitrogens with zero attached hydrogens (tertiary/aromatic N) is 1. The Morgan fingerprint density at radius 2 is 2.14 bits per heavy atom. The lowest BCUT2D eigenvalue weighted by molar-refractivity contribution is 0.107. The van der Waals surface area contributed by atoms with Gasteiger partial charge in [0.15, 0.2) is 0 Å². The number of alkyl halides is 2. The van der Waals surface area contributed by atoms with Gasteiger partial charge in [0.25, 0.3) is 11.7 Å². The van der Waals surface area contributed by atoms with Crippen molar-refractivity contribution in [2.75, 3.05) is 0 Å². The van der Waals surface area contributed by atoms with Crippen LogP contribution in [-0.4, -0.2) is 10.2 Å². The zero-order chi connectivity index (χ0) is 10.9. The van der Waals surface area contributed by atoms with Crippen LogP contribution in [0.25, 0.3) is 0 Å². The summed E-state index contributed by atoms with van der Waals surface area (Å²) in [7, 11) is 0. The molecule has 1 rings (SSSR count). The SMILES string of the molecule is Cc1cc(C(F)F)c(F)nc1C(=O)Cl. The van der Waals surface area contributed by atoms with Crippen molar-refractivity contribution in [3.63, 3.8) is 0 Å². The zero-order valence-electron chi connectivity index (χ0n) is 7.02. The summed E-state index contributed by atoms with van der Waals surface area (Å²) in [5.41, 5.74) is -1.04. The van der Waals surface area contributed by atoms with Crippen LogP contribution < -0.4 is 0 Å². The first-order chi connectivity index (χ1) is 6.43. The Balaban J connectivity index is 3.31. The van der Waals surface area contributed by atoms with Crippen LogP contribution in [0.1, 0.15) is 28.0 Å². The Morgan fingerprint density at radius 1 is 1.57 bits per heavy atom. The average molecular weight is 224 g/mol. The summed E-state index contributed by atoms with van der Waals surface area (Å²) in [6, 6.07) is 0.864. The molecule has 0 fully saturated rings. The zero-order valence-corrected chi connectivity index (χ0v) is 7.78. The molecule has 1 aromatic rings. The van der Waals surface area contributed by atoms with Gasteiger partial charge >= 0.3 is 0 Å². The highest BCUT2D eigenvalue weighted by Crippen LogP contribution is 2.23. The van der Waals surface area contributed by atoms with Crippen LogP contribution in [0.2, 0.25) is 0 Å². The number of carbonyl (C=O) groups excluding carboxylic acids is 1. The summed E-state index contributed by atoms with van der Waals surface area (Å²) >= 11 is 5.06. The van der Waals surface area contributed by atoms with E-state index < -0.39 is 23.2 Å². The second kappa shape index (κ2) is 3.96. The van der Waals surface area contributed by atoms with Gasteiger partial charge in [0.2, 0.25) is 5.95 Å². The first-order valence-corrected chi connectivity index (χ1v) is 3.96. The van der Waals surface area contributed by atoms with Crippen LogP contribution in [0.5, 0.6) is 0 Å². The maximum absolute atomic E-state index is 12.8. The topological polar surface area (TPSA) is 30.0 Å². The minimum Gasteiger partial charge on any atom is -0.274 e. The van der Waals surface area contributed by atoms with E-state index in [1.165, 1.54) is 6.92 Å². The predicted molar refractivity (Wildman–Crippen MR) is 44.1 cm³/mol. The molecule has 0 aliphatic rings. The van der Waals surface area contributed by atoms with E-state index in [1.807, 2.05) is 0 Å². The van der Waals surface area contributed by atoms with Crippen molar-refractivity contribution in [1.82, 2.24) is 4.98 Å². The molecule has 0 amide bonds. The van der Waals surface area contributed by atoms with Gasteiger partial charge in [-0.05, 0) is 30.2 Å². The van der Waals surface area contributed by atoms with Gasteiger partial charge < -0.3 is 0 Å². The van der Waals surface area contributed by atoms with Gasteiger partial charge in [0, 0.05) is 0 Å². The lowest BCUT2D eigenvalue weighted by atomic mass is 10.1. The first-order valence-electron chi connectivity index (χ1n) is 3.58. The molecule has 0 spiro atoms. The van der Waals surface area contributed by atoms with Crippen LogP contribution in [0, 0.1) is 12.9 Å². The van der Waals surface area contributed by atoms with Gasteiger partial charge in [-0.25, -0.2) is 13.8 Å². The van der Waals surface area contributed by atoms with E-state index in [1.54, 1.807) is 0 Å². The molecule has 0 atom stereocenters. The fourth-order valence-corrected chi connectivity index (χ4v) is 1.16. The molecule has 0 unspecified atom stereocenters. The van der Waals surface area contributed by atoms with Crippen molar-refractivity contribution in [2.24, 2.45) is 0 Å². The van der Waals surface area contributed by atoms with E-state index >= 15 is 0 Å². The molecular weight excluding hydrogens is 219 g/mol. The van der Waals surface area contributed by atoms with Gasteiger partial charge in [-0.15, -0.1) is 0 Å². The third-order valence-electron chi connectivity index (χ3n) is 1.61. The lowest BCUT2D eigenvalue weighted by Gasteiger charge is -2.04. The molecule has 2 nitrogen and oxygen atoms in total. The molecule has 14 heavy (non-hydrogen) atoms. The summed E-state index contributed by atoms with van der Waals surface area (Å²) in [6.07, 6.45) is -2.96. The predicted octanol–water partition coefficient (Wildman–Crippen LogP) is 2.85. The monoisotopic (exact) mass is 223 g/mol. The Bertz CT molecular complexity index is 381. The molecule has 76 valence electrons. The number of aryl methyl sites for hydroxylation is 1. The number of rotatable bonds is 2. The van der Waals surface area contributed by atoms with Gasteiger partial charge in [0.1, 0.15) is 5.69 Å². The maximum atomic E-state index is 12.8. The van der Waals surface area contributed by atoms with E-state index in [0.29, 0.717) is 0 Å². The molecule has 0 aromatic carbocycles. The van der Waals surface area contributed by atoms with Gasteiger partial charge in [0.05, 0.1) is 5.56 Å². The van der Waals surface area contributed by atoms with Crippen molar-refractivity contribution in [3.05, 3.63) is 28.8 Å². The summed E-state index contributed by atoms with van der Waals surface area (Å²) in [5, 5.41) is -0.970. The highest BCUT2D eigenvalue weighted by Gasteiger charge is 2.19. The Hall–Kier alpha value is -1.10. The number of pyridine rings is 1. The third-order valence-corrected chi connectivity index (χ3v) is 1.79. The van der Waals surface area contributed by atoms with Crippen LogP contribution in [0.3, 0.4) is 0 Å². The molecule has 0 N–H and O–H groups in total. The fourth-order valence-electron chi connectivity index (χ4n) is 0.964. The highest BCUT2D eigenvalue weighted by molar-refractivity contribution is 6.67. The van der Waals surface area contributed by atoms with E-state index in [4.69, 9.17) is 11.6 Å². The number of carbonyl (C=O) groups is 1. The van der Waals surface area contributed by atoms with Crippen molar-refractivity contribution in [2.45, 2.75) is 13.3 Å². The summed E-state index contributed by atoms with van der Waals surface area (Å²) < 4.78 is 37.1. The van der Waals surface area contributed by atoms with Crippen molar-refractivity contribution < 1.29 is 18.0 Å². The number of hydrogen-bond acceptors (Lipinski definition) is 2. The van der Waals surface area contributed by atoms with E-state index in [-0.39, 0.29) is 11.3 Å². The van der Waals surface area contributed by atoms with E-state index in [9.17, 15) is 18.0 Å². The van der Waals surface area contributed by atoms with Gasteiger partial charge in [-0.3, -0.25) is 4.79 Å². The molecule has 0 saturated carbocycles. The molecule has 6 heteroatoms. The second-order valence-corrected chi connectivity index (χ2v) is 2.95. The molecule has 1 heterocycles. The highest BCUT2D eigenvalue weighted by atomic mass is 35.5. The van der Waals surface area contributed by atoms with Crippen LogP contribution in [0.4, 0.5) is 13.2 Å². The van der Waals surface area contributed by atoms with E-state index in [2.05, 4.69) is 4.98 Å². The molecule has 0 bridgehead atoms. The normalized spacial score (nSPS) is 10.7. The Kier molecular flexibility index (Phi) is 3.10. The molecule has 0 radical (unpaired) electrons. The van der Waals surface area contributed by atoms with Gasteiger partial charge in [-0.2, -0.15) is 4.39 Å². The summed E-state index contributed by atoms with van der Waals surface area (Å²) in [5.74, 6) is -1.37. The molecule has 0 aliphatic carbocycles. The largest absolute Gasteiger partial charge is 0.274 e. The van der Waals surface area contributed by atoms with E-state index in [0.717, 1.165) is 6.07 Å². The molecule has 0 saturated heterocycles. The maximum Gasteiger partial charge on any atom is 0.271 e. The number of aromatic nitrogens is 1. The Labute approximate surface area is 82.7 Å². The average Bonchev–Trinajstić information content (AvgIpc) is 2.07. The van der Waals surface area contributed by atoms with Crippen molar-refractivity contribution in [1.29, 1.82) is 0 Å². The quantitative estimate of drug-likeness (QED) is 0.570. The van der Waals surface area contributed by atoms with Gasteiger partial charge in [-0.1, -0.05) is 0 Å². The summed E-state index contributed by atoms with van der Waals surface area (Å²) in [6.45, 7) is 1.36. The fraction of sp³-hybridized carbons (Fsp3) is 0.250. The van der Waals surface area contributed by atoms with Crippen LogP contribution in [0.15, 0.2) is 6.07 Å². The lowest BCUT2D eigenvalue weighted by Crippen LogP contribution is -2.04. The minimum atomic E-state index is -2.96. The van der Waals surface area contributed by atoms with Crippen molar-refractivity contribution >= 4 is 16.8 Å². The Morgan fingerprint density at radius 3 is 2.57 bits per heavy atom. The molecule has 1 aromatic heterocycles. The molecule has 0 aliphatic heterocycles. The minimum absolute atomic E-state index is 0.127. The van der Waals surface area contributed by atoms with Crippen LogP contribution >= 0.6 is 11.6 Å². The first kappa shape index (κ1) is 11.0.